The highest BCUT2D eigenvalue weighted by Gasteiger charge is 2.32. The van der Waals surface area contributed by atoms with E-state index in [9.17, 15) is 22.9 Å². The van der Waals surface area contributed by atoms with E-state index in [1.165, 1.54) is 0 Å². The summed E-state index contributed by atoms with van der Waals surface area (Å²) >= 11 is 0. The lowest BCUT2D eigenvalue weighted by Crippen LogP contribution is -2.44. The fourth-order valence-electron chi connectivity index (χ4n) is 1.96. The van der Waals surface area contributed by atoms with E-state index < -0.39 is 39.7 Å². The molecule has 3 N–H and O–H groups in total. The molecular weight excluding hydrogens is 310 g/mol. The Morgan fingerprint density at radius 2 is 1.68 bits per heavy atom. The van der Waals surface area contributed by atoms with E-state index in [1.54, 1.807) is 20.8 Å². The predicted molar refractivity (Wildman–Crippen MR) is 84.3 cm³/mol. The third kappa shape index (κ3) is 9.97. The average Bonchev–Trinajstić information content (AvgIpc) is 2.21. The molecule has 0 heterocycles. The van der Waals surface area contributed by atoms with E-state index in [0.29, 0.717) is 0 Å². The quantitative estimate of drug-likeness (QED) is 0.638. The highest BCUT2D eigenvalue weighted by Crippen LogP contribution is 2.26. The molecule has 0 aliphatic rings. The number of hydrogen-bond acceptors (Lipinski definition) is 5. The summed E-state index contributed by atoms with van der Waals surface area (Å²) in [4.78, 5) is 11.7. The normalized spacial score (nSPS) is 16.0. The van der Waals surface area contributed by atoms with Gasteiger partial charge in [-0.05, 0) is 39.0 Å². The summed E-state index contributed by atoms with van der Waals surface area (Å²) in [6.45, 7) is 10.2. The smallest absolute Gasteiger partial charge is 0.407 e. The van der Waals surface area contributed by atoms with Crippen LogP contribution in [0.3, 0.4) is 0 Å². The van der Waals surface area contributed by atoms with Crippen molar-refractivity contribution in [1.82, 2.24) is 5.32 Å². The Hall–Kier alpha value is -0.860. The van der Waals surface area contributed by atoms with Crippen LogP contribution < -0.4 is 5.32 Å². The molecule has 0 aromatic heterocycles. The first-order valence-corrected chi connectivity index (χ1v) is 8.71. The van der Waals surface area contributed by atoms with Crippen molar-refractivity contribution in [1.29, 1.82) is 0 Å². The van der Waals surface area contributed by atoms with Crippen molar-refractivity contribution in [2.24, 2.45) is 5.41 Å². The molecule has 0 radical (unpaired) electrons. The minimum Gasteiger partial charge on any atom is -0.444 e. The van der Waals surface area contributed by atoms with E-state index >= 15 is 0 Å². The van der Waals surface area contributed by atoms with Crippen molar-refractivity contribution in [2.75, 3.05) is 6.61 Å². The van der Waals surface area contributed by atoms with Gasteiger partial charge in [-0.3, -0.25) is 4.55 Å². The standard InChI is InChI=1S/C14H29NO6S/c1-13(2,3)8-11(22(18,19)20)7-10(9-16)15-12(17)21-14(4,5)6/h10-11,16H,7-9H2,1-6H3,(H,15,17)(H,18,19,20). The van der Waals surface area contributed by atoms with Crippen LogP contribution in [-0.2, 0) is 14.9 Å². The highest BCUT2D eigenvalue weighted by molar-refractivity contribution is 7.86. The zero-order valence-corrected chi connectivity index (χ0v) is 15.0. The van der Waals surface area contributed by atoms with Gasteiger partial charge in [-0.15, -0.1) is 0 Å². The zero-order chi connectivity index (χ0) is 17.8. The molecule has 0 aliphatic heterocycles. The van der Waals surface area contributed by atoms with Crippen molar-refractivity contribution < 1.29 is 27.6 Å². The molecule has 2 atom stereocenters. The summed E-state index contributed by atoms with van der Waals surface area (Å²) in [5.74, 6) is 0. The van der Waals surface area contributed by atoms with Gasteiger partial charge in [-0.25, -0.2) is 4.79 Å². The third-order valence-corrected chi connectivity index (χ3v) is 3.95. The van der Waals surface area contributed by atoms with E-state index in [0.717, 1.165) is 0 Å². The maximum absolute atomic E-state index is 11.7. The lowest BCUT2D eigenvalue weighted by Gasteiger charge is -2.27. The molecule has 0 saturated heterocycles. The van der Waals surface area contributed by atoms with Gasteiger partial charge >= 0.3 is 6.09 Å². The van der Waals surface area contributed by atoms with Gasteiger partial charge in [0, 0.05) is 0 Å². The van der Waals surface area contributed by atoms with Gasteiger partial charge in [0.25, 0.3) is 10.1 Å². The van der Waals surface area contributed by atoms with Crippen molar-refractivity contribution in [3.8, 4) is 0 Å². The molecule has 8 heteroatoms. The Morgan fingerprint density at radius 1 is 1.18 bits per heavy atom. The van der Waals surface area contributed by atoms with E-state index in [4.69, 9.17) is 4.74 Å². The number of aliphatic hydroxyl groups excluding tert-OH is 1. The molecule has 0 rings (SSSR count). The second-order valence-corrected chi connectivity index (χ2v) is 9.36. The fraction of sp³-hybridized carbons (Fsp3) is 0.929. The molecule has 0 aromatic carbocycles. The van der Waals surface area contributed by atoms with Crippen molar-refractivity contribution >= 4 is 16.2 Å². The number of amides is 1. The minimum absolute atomic E-state index is 0.0914. The summed E-state index contributed by atoms with van der Waals surface area (Å²) in [7, 11) is -4.28. The third-order valence-electron chi connectivity index (χ3n) is 2.75. The number of aliphatic hydroxyl groups is 1. The maximum Gasteiger partial charge on any atom is 0.407 e. The molecule has 0 aliphatic carbocycles. The van der Waals surface area contributed by atoms with Crippen LogP contribution in [0.5, 0.6) is 0 Å². The Morgan fingerprint density at radius 3 is 2.00 bits per heavy atom. The highest BCUT2D eigenvalue weighted by atomic mass is 32.2. The second kappa shape index (κ2) is 7.61. The lowest BCUT2D eigenvalue weighted by molar-refractivity contribution is 0.0477. The van der Waals surface area contributed by atoms with E-state index in [1.807, 2.05) is 20.8 Å². The Balaban J connectivity index is 4.90. The molecule has 132 valence electrons. The van der Waals surface area contributed by atoms with Crippen molar-refractivity contribution in [3.05, 3.63) is 0 Å². The van der Waals surface area contributed by atoms with Crippen LogP contribution in [0.25, 0.3) is 0 Å². The van der Waals surface area contributed by atoms with Crippen LogP contribution in [0.15, 0.2) is 0 Å². The number of hydrogen-bond donors (Lipinski definition) is 3. The average molecular weight is 339 g/mol. The van der Waals surface area contributed by atoms with Crippen LogP contribution in [-0.4, -0.2) is 47.7 Å². The number of alkyl carbamates (subject to hydrolysis) is 1. The van der Waals surface area contributed by atoms with E-state index in [-0.39, 0.29) is 18.3 Å². The molecule has 0 aromatic rings. The molecule has 0 spiro atoms. The molecule has 0 bridgehead atoms. The first-order chi connectivity index (χ1) is 9.64. The second-order valence-electron chi connectivity index (χ2n) is 7.66. The molecular formula is C14H29NO6S. The van der Waals surface area contributed by atoms with Gasteiger partial charge in [0.2, 0.25) is 0 Å². The SMILES string of the molecule is CC(C)(C)CC(CC(CO)NC(=O)OC(C)(C)C)S(=O)(=O)O. The molecule has 0 saturated carbocycles. The number of carbonyl (C=O) groups is 1. The van der Waals surface area contributed by atoms with Gasteiger partial charge in [0.15, 0.2) is 0 Å². The largest absolute Gasteiger partial charge is 0.444 e. The number of rotatable bonds is 6. The Kier molecular flexibility index (Phi) is 7.31. The summed E-state index contributed by atoms with van der Waals surface area (Å²) < 4.78 is 37.4. The maximum atomic E-state index is 11.7. The van der Waals surface area contributed by atoms with Crippen LogP contribution >= 0.6 is 0 Å². The van der Waals surface area contributed by atoms with Gasteiger partial charge in [0.1, 0.15) is 5.60 Å². The first kappa shape index (κ1) is 21.1. The molecule has 2 unspecified atom stereocenters. The number of carbonyl (C=O) groups excluding carboxylic acids is 1. The monoisotopic (exact) mass is 339 g/mol. The summed E-state index contributed by atoms with van der Waals surface area (Å²) in [6.07, 6.45) is -0.624. The zero-order valence-electron chi connectivity index (χ0n) is 14.2. The van der Waals surface area contributed by atoms with Crippen LogP contribution in [0.1, 0.15) is 54.4 Å². The van der Waals surface area contributed by atoms with Gasteiger partial charge in [-0.1, -0.05) is 20.8 Å². The number of ether oxygens (including phenoxy) is 1. The fourth-order valence-corrected chi connectivity index (χ4v) is 3.15. The van der Waals surface area contributed by atoms with Gasteiger partial charge in [0.05, 0.1) is 17.9 Å². The van der Waals surface area contributed by atoms with Crippen molar-refractivity contribution in [3.63, 3.8) is 0 Å². The Bertz CT molecular complexity index is 461. The minimum atomic E-state index is -4.28. The van der Waals surface area contributed by atoms with Gasteiger partial charge < -0.3 is 15.2 Å². The Labute approximate surface area is 133 Å². The topological polar surface area (TPSA) is 113 Å². The number of nitrogens with one attached hydrogen (secondary N) is 1. The predicted octanol–water partition coefficient (Wildman–Crippen LogP) is 1.95. The van der Waals surface area contributed by atoms with Crippen molar-refractivity contribution in [2.45, 2.75) is 71.3 Å². The summed E-state index contributed by atoms with van der Waals surface area (Å²) in [5, 5.41) is 10.7. The molecule has 0 fully saturated rings. The summed E-state index contributed by atoms with van der Waals surface area (Å²) in [6, 6.07) is -0.816. The lowest BCUT2D eigenvalue weighted by atomic mass is 9.88. The summed E-state index contributed by atoms with van der Waals surface area (Å²) in [5.41, 5.74) is -1.02. The molecule has 7 nitrogen and oxygen atoms in total. The first-order valence-electron chi connectivity index (χ1n) is 7.21. The van der Waals surface area contributed by atoms with Crippen LogP contribution in [0, 0.1) is 5.41 Å². The van der Waals surface area contributed by atoms with Crippen LogP contribution in [0.2, 0.25) is 0 Å². The van der Waals surface area contributed by atoms with Crippen LogP contribution in [0.4, 0.5) is 4.79 Å². The van der Waals surface area contributed by atoms with E-state index in [2.05, 4.69) is 5.32 Å². The van der Waals surface area contributed by atoms with Gasteiger partial charge in [-0.2, -0.15) is 8.42 Å². The molecule has 22 heavy (non-hydrogen) atoms. The molecule has 1 amide bonds.